The molecule has 3 rings (SSSR count). The average Bonchev–Trinajstić information content (AvgIpc) is 2.68. The van der Waals surface area contributed by atoms with E-state index < -0.39 is 0 Å². The van der Waals surface area contributed by atoms with Crippen LogP contribution in [0.25, 0.3) is 0 Å². The fraction of sp³-hybridized carbons (Fsp3) is 0. The Morgan fingerprint density at radius 3 is 1.39 bits per heavy atom. The minimum absolute atomic E-state index is 0.124. The van der Waals surface area contributed by atoms with Crippen LogP contribution in [0.5, 0.6) is 34.5 Å². The number of hydrogen-bond acceptors (Lipinski definition) is 6. The third kappa shape index (κ3) is 3.72. The monoisotopic (exact) mass is 372 g/mol. The van der Waals surface area contributed by atoms with Gasteiger partial charge < -0.3 is 31.2 Å². The van der Waals surface area contributed by atoms with Gasteiger partial charge in [-0.05, 0) is 24.3 Å². The smallest absolute Gasteiger partial charge is 0.171 e. The van der Waals surface area contributed by atoms with Crippen LogP contribution >= 0.6 is 0 Å². The van der Waals surface area contributed by atoms with Crippen LogP contribution in [0.2, 0.25) is 0 Å². The maximum Gasteiger partial charge on any atom is 0.171 e. The van der Waals surface area contributed by atoms with Crippen molar-refractivity contribution in [2.75, 3.05) is 11.5 Å². The van der Waals surface area contributed by atoms with Crippen LogP contribution < -0.4 is 20.9 Å². The third-order valence-electron chi connectivity index (χ3n) is 3.85. The van der Waals surface area contributed by atoms with Crippen LogP contribution in [0.4, 0.5) is 11.4 Å². The number of phenolic OH excluding ortho intramolecular Hbond substituents is 2. The number of hydrogen-bond donors (Lipinski definition) is 4. The first-order chi connectivity index (χ1) is 13.4. The van der Waals surface area contributed by atoms with Gasteiger partial charge in [-0.25, -0.2) is 0 Å². The maximum atomic E-state index is 9.79. The molecular weight excluding hydrogens is 356 g/mol. The number of nitrogens with two attached hydrogens (primary N) is 2. The van der Waals surface area contributed by atoms with Gasteiger partial charge in [-0.1, -0.05) is 11.8 Å². The molecule has 0 amide bonds. The zero-order valence-electron chi connectivity index (χ0n) is 14.6. The molecule has 0 heterocycles. The highest BCUT2D eigenvalue weighted by Crippen LogP contribution is 2.39. The molecule has 6 heteroatoms. The number of nitrogen functional groups attached to an aromatic ring is 2. The summed E-state index contributed by atoms with van der Waals surface area (Å²) >= 11 is 0. The minimum atomic E-state index is -0.124. The number of anilines is 2. The first-order valence-electron chi connectivity index (χ1n) is 8.05. The number of benzene rings is 3. The van der Waals surface area contributed by atoms with Gasteiger partial charge in [0.2, 0.25) is 0 Å². The van der Waals surface area contributed by atoms with Gasteiger partial charge in [0.15, 0.2) is 11.5 Å². The fourth-order valence-electron chi connectivity index (χ4n) is 2.39. The normalized spacial score (nSPS) is 9.93. The van der Waals surface area contributed by atoms with Gasteiger partial charge in [-0.2, -0.15) is 0 Å². The number of phenols is 2. The summed E-state index contributed by atoms with van der Waals surface area (Å²) in [5, 5.41) is 19.6. The maximum absolute atomic E-state index is 9.79. The van der Waals surface area contributed by atoms with E-state index in [0.717, 1.165) is 0 Å². The molecule has 0 saturated heterocycles. The molecular formula is C22H16N2O4. The molecule has 138 valence electrons. The second-order valence-electron chi connectivity index (χ2n) is 5.78. The van der Waals surface area contributed by atoms with Crippen molar-refractivity contribution in [1.29, 1.82) is 0 Å². The molecule has 6 N–H and O–H groups in total. The second-order valence-corrected chi connectivity index (χ2v) is 5.78. The largest absolute Gasteiger partial charge is 0.506 e. The third-order valence-corrected chi connectivity index (χ3v) is 3.85. The van der Waals surface area contributed by atoms with Gasteiger partial charge in [0.1, 0.15) is 23.0 Å². The first-order valence-corrected chi connectivity index (χ1v) is 8.05. The van der Waals surface area contributed by atoms with Gasteiger partial charge in [0.05, 0.1) is 11.4 Å². The highest BCUT2D eigenvalue weighted by molar-refractivity contribution is 5.61. The molecule has 0 aromatic heterocycles. The Labute approximate surface area is 161 Å². The summed E-state index contributed by atoms with van der Waals surface area (Å²) in [7, 11) is 0. The Bertz CT molecular complexity index is 1050. The van der Waals surface area contributed by atoms with E-state index in [2.05, 4.69) is 11.8 Å². The number of aromatic hydroxyl groups is 2. The Morgan fingerprint density at radius 2 is 1.07 bits per heavy atom. The lowest BCUT2D eigenvalue weighted by Gasteiger charge is -2.15. The topological polar surface area (TPSA) is 111 Å². The van der Waals surface area contributed by atoms with Crippen molar-refractivity contribution in [3.63, 3.8) is 0 Å². The Kier molecular flexibility index (Phi) is 4.89. The van der Waals surface area contributed by atoms with Crippen molar-refractivity contribution in [2.45, 2.75) is 0 Å². The van der Waals surface area contributed by atoms with E-state index in [1.807, 2.05) is 0 Å². The van der Waals surface area contributed by atoms with E-state index in [1.165, 1.54) is 24.3 Å². The lowest BCUT2D eigenvalue weighted by Crippen LogP contribution is -1.95. The van der Waals surface area contributed by atoms with Crippen LogP contribution in [-0.4, -0.2) is 10.2 Å². The predicted molar refractivity (Wildman–Crippen MR) is 107 cm³/mol. The highest BCUT2D eigenvalue weighted by atomic mass is 16.5. The standard InChI is InChI=1S/C22H16N2O4/c1-3-13-9-21(27-15-5-7-17(23)19(25)11-15)22(10-14(13)4-2)28-16-6-8-18(24)20(26)12-16/h1-2,5-12,25-26H,23-24H2. The Hall–Kier alpha value is -4.42. The molecule has 0 saturated carbocycles. The summed E-state index contributed by atoms with van der Waals surface area (Å²) < 4.78 is 11.6. The minimum Gasteiger partial charge on any atom is -0.506 e. The Morgan fingerprint density at radius 1 is 0.679 bits per heavy atom. The zero-order chi connectivity index (χ0) is 20.3. The first kappa shape index (κ1) is 18.4. The van der Waals surface area contributed by atoms with Crippen LogP contribution in [0.1, 0.15) is 11.1 Å². The van der Waals surface area contributed by atoms with Crippen molar-refractivity contribution < 1.29 is 19.7 Å². The van der Waals surface area contributed by atoms with E-state index in [4.69, 9.17) is 33.8 Å². The van der Waals surface area contributed by atoms with Crippen LogP contribution in [0.15, 0.2) is 48.5 Å². The van der Waals surface area contributed by atoms with Crippen molar-refractivity contribution in [1.82, 2.24) is 0 Å². The van der Waals surface area contributed by atoms with Crippen LogP contribution in [-0.2, 0) is 0 Å². The zero-order valence-corrected chi connectivity index (χ0v) is 14.6. The summed E-state index contributed by atoms with van der Waals surface area (Å²) in [6.45, 7) is 0. The van der Waals surface area contributed by atoms with Crippen molar-refractivity contribution in [3.8, 4) is 59.2 Å². The molecule has 6 nitrogen and oxygen atoms in total. The van der Waals surface area contributed by atoms with Gasteiger partial charge >= 0.3 is 0 Å². The molecule has 3 aromatic carbocycles. The van der Waals surface area contributed by atoms with Gasteiger partial charge in [0.25, 0.3) is 0 Å². The summed E-state index contributed by atoms with van der Waals surface area (Å²) in [5.74, 6) is 5.89. The summed E-state index contributed by atoms with van der Waals surface area (Å²) in [4.78, 5) is 0. The molecule has 0 unspecified atom stereocenters. The van der Waals surface area contributed by atoms with Crippen molar-refractivity contribution in [3.05, 3.63) is 59.7 Å². The molecule has 0 spiro atoms. The molecule has 0 atom stereocenters. The van der Waals surface area contributed by atoms with Gasteiger partial charge in [-0.3, -0.25) is 0 Å². The van der Waals surface area contributed by atoms with Crippen molar-refractivity contribution in [2.24, 2.45) is 0 Å². The lowest BCUT2D eigenvalue weighted by atomic mass is 10.1. The molecule has 0 bridgehead atoms. The molecule has 0 aliphatic carbocycles. The van der Waals surface area contributed by atoms with E-state index in [9.17, 15) is 10.2 Å². The summed E-state index contributed by atoms with van der Waals surface area (Å²) in [5.41, 5.74) is 12.5. The van der Waals surface area contributed by atoms with E-state index in [-0.39, 0.29) is 34.4 Å². The molecule has 0 aliphatic heterocycles. The summed E-state index contributed by atoms with van der Waals surface area (Å²) in [6.07, 6.45) is 11.1. The molecule has 0 aliphatic rings. The van der Waals surface area contributed by atoms with Gasteiger partial charge in [-0.15, -0.1) is 12.8 Å². The quantitative estimate of drug-likeness (QED) is 0.315. The molecule has 3 aromatic rings. The molecule has 28 heavy (non-hydrogen) atoms. The molecule has 0 radical (unpaired) electrons. The van der Waals surface area contributed by atoms with E-state index >= 15 is 0 Å². The van der Waals surface area contributed by atoms with E-state index in [1.54, 1.807) is 24.3 Å². The summed E-state index contributed by atoms with van der Waals surface area (Å²) in [6, 6.07) is 12.0. The average molecular weight is 372 g/mol. The predicted octanol–water partition coefficient (Wildman–Crippen LogP) is 3.81. The SMILES string of the molecule is C#Cc1cc(Oc2ccc(N)c(O)c2)c(Oc2ccc(N)c(O)c2)cc1C#C. The number of ether oxygens (including phenoxy) is 2. The lowest BCUT2D eigenvalue weighted by molar-refractivity contribution is 0.411. The van der Waals surface area contributed by atoms with Crippen molar-refractivity contribution >= 4 is 11.4 Å². The highest BCUT2D eigenvalue weighted by Gasteiger charge is 2.14. The molecule has 0 fully saturated rings. The second kappa shape index (κ2) is 7.45. The number of terminal acetylenes is 2. The number of rotatable bonds is 4. The van der Waals surface area contributed by atoms with Crippen LogP contribution in [0.3, 0.4) is 0 Å². The van der Waals surface area contributed by atoms with Crippen LogP contribution in [0, 0.1) is 24.7 Å². The van der Waals surface area contributed by atoms with Gasteiger partial charge in [0, 0.05) is 35.4 Å². The Balaban J connectivity index is 2.05. The van der Waals surface area contributed by atoms with E-state index in [0.29, 0.717) is 22.6 Å². The fourth-order valence-corrected chi connectivity index (χ4v) is 2.39.